The molecule has 1 nitrogen and oxygen atoms in total. The highest BCUT2D eigenvalue weighted by molar-refractivity contribution is 9.10. The molecule has 0 aliphatic rings. The maximum absolute atomic E-state index is 6.54. The molecule has 0 fully saturated rings. The molecule has 20 heavy (non-hydrogen) atoms. The normalized spacial score (nSPS) is 12.2. The molecule has 0 spiro atoms. The Labute approximate surface area is 138 Å². The van der Waals surface area contributed by atoms with Gasteiger partial charge in [-0.2, -0.15) is 0 Å². The van der Waals surface area contributed by atoms with Gasteiger partial charge in [-0.3, -0.25) is 0 Å². The van der Waals surface area contributed by atoms with Crippen LogP contribution >= 0.6 is 39.1 Å². The summed E-state index contributed by atoms with van der Waals surface area (Å²) >= 11 is 16.3. The second kappa shape index (κ2) is 6.84. The van der Waals surface area contributed by atoms with Crippen molar-refractivity contribution in [2.24, 2.45) is 0 Å². The van der Waals surface area contributed by atoms with Crippen LogP contribution in [-0.4, -0.2) is 6.61 Å². The van der Waals surface area contributed by atoms with Gasteiger partial charge in [0.2, 0.25) is 0 Å². The SMILES string of the molecule is CCOc1ccc(C(Cl)c2ccc(C)cc2Cl)cc1Br. The third kappa shape index (κ3) is 3.49. The number of halogens is 3. The third-order valence-corrected chi connectivity index (χ3v) is 4.41. The fraction of sp³-hybridized carbons (Fsp3) is 0.250. The Balaban J connectivity index is 2.33. The molecule has 0 aliphatic carbocycles. The van der Waals surface area contributed by atoms with Crippen LogP contribution in [0.3, 0.4) is 0 Å². The molecule has 0 radical (unpaired) electrons. The zero-order chi connectivity index (χ0) is 14.7. The molecule has 2 aromatic rings. The molecule has 1 atom stereocenters. The topological polar surface area (TPSA) is 9.23 Å². The molecule has 0 saturated carbocycles. The van der Waals surface area contributed by atoms with E-state index in [2.05, 4.69) is 15.9 Å². The fourth-order valence-electron chi connectivity index (χ4n) is 1.96. The van der Waals surface area contributed by atoms with E-state index in [1.807, 2.05) is 50.2 Å². The van der Waals surface area contributed by atoms with Crippen molar-refractivity contribution < 1.29 is 4.74 Å². The van der Waals surface area contributed by atoms with Gasteiger partial charge in [-0.25, -0.2) is 0 Å². The van der Waals surface area contributed by atoms with E-state index in [0.29, 0.717) is 11.6 Å². The molecule has 106 valence electrons. The van der Waals surface area contributed by atoms with Crippen molar-refractivity contribution in [3.05, 3.63) is 62.6 Å². The molecule has 2 aromatic carbocycles. The summed E-state index contributed by atoms with van der Waals surface area (Å²) in [7, 11) is 0. The Hall–Kier alpha value is -0.700. The lowest BCUT2D eigenvalue weighted by atomic mass is 10.0. The Kier molecular flexibility index (Phi) is 5.36. The first-order valence-corrected chi connectivity index (χ1v) is 7.96. The van der Waals surface area contributed by atoms with Crippen LogP contribution in [0.25, 0.3) is 0 Å². The van der Waals surface area contributed by atoms with E-state index in [4.69, 9.17) is 27.9 Å². The first-order valence-electron chi connectivity index (χ1n) is 6.35. The van der Waals surface area contributed by atoms with Crippen molar-refractivity contribution in [3.63, 3.8) is 0 Å². The minimum Gasteiger partial charge on any atom is -0.493 e. The van der Waals surface area contributed by atoms with Crippen LogP contribution in [0.4, 0.5) is 0 Å². The van der Waals surface area contributed by atoms with Gasteiger partial charge in [0.25, 0.3) is 0 Å². The summed E-state index contributed by atoms with van der Waals surface area (Å²) in [5, 5.41) is 0.407. The zero-order valence-corrected chi connectivity index (χ0v) is 14.4. The number of ether oxygens (including phenoxy) is 1. The van der Waals surface area contributed by atoms with Gasteiger partial charge >= 0.3 is 0 Å². The van der Waals surface area contributed by atoms with Crippen LogP contribution in [0.2, 0.25) is 5.02 Å². The Bertz CT molecular complexity index is 613. The second-order valence-corrected chi connectivity index (χ2v) is 6.21. The quantitative estimate of drug-likeness (QED) is 0.585. The summed E-state index contributed by atoms with van der Waals surface area (Å²) < 4.78 is 6.39. The second-order valence-electron chi connectivity index (χ2n) is 4.51. The van der Waals surface area contributed by atoms with Crippen LogP contribution < -0.4 is 4.74 Å². The van der Waals surface area contributed by atoms with Gasteiger partial charge in [0, 0.05) is 5.02 Å². The minimum atomic E-state index is -0.282. The van der Waals surface area contributed by atoms with Crippen LogP contribution in [0.15, 0.2) is 40.9 Å². The Morgan fingerprint density at radius 2 is 1.95 bits per heavy atom. The van der Waals surface area contributed by atoms with E-state index < -0.39 is 0 Å². The van der Waals surface area contributed by atoms with Crippen LogP contribution in [-0.2, 0) is 0 Å². The first kappa shape index (κ1) is 15.7. The largest absolute Gasteiger partial charge is 0.493 e. The van der Waals surface area contributed by atoms with E-state index in [1.54, 1.807) is 0 Å². The molecule has 1 unspecified atom stereocenters. The van der Waals surface area contributed by atoms with Crippen LogP contribution in [0.1, 0.15) is 29.0 Å². The number of alkyl halides is 1. The zero-order valence-electron chi connectivity index (χ0n) is 11.3. The average molecular weight is 374 g/mol. The molecule has 0 amide bonds. The van der Waals surface area contributed by atoms with Gasteiger partial charge in [0.1, 0.15) is 5.75 Å². The standard InChI is InChI=1S/C16H15BrCl2O/c1-3-20-15-7-5-11(9-13(15)17)16(19)12-6-4-10(2)8-14(12)18/h4-9,16H,3H2,1-2H3. The molecule has 0 aromatic heterocycles. The van der Waals surface area contributed by atoms with Gasteiger partial charge < -0.3 is 4.74 Å². The van der Waals surface area contributed by atoms with Gasteiger partial charge in [-0.1, -0.05) is 29.8 Å². The average Bonchev–Trinajstić information content (AvgIpc) is 2.40. The predicted octanol–water partition coefficient (Wildman–Crippen LogP) is 6.14. The van der Waals surface area contributed by atoms with Crippen molar-refractivity contribution in [2.75, 3.05) is 6.61 Å². The monoisotopic (exact) mass is 372 g/mol. The highest BCUT2D eigenvalue weighted by Crippen LogP contribution is 2.37. The lowest BCUT2D eigenvalue weighted by molar-refractivity contribution is 0.338. The number of rotatable bonds is 4. The van der Waals surface area contributed by atoms with E-state index in [-0.39, 0.29) is 5.38 Å². The van der Waals surface area contributed by atoms with Crippen LogP contribution in [0.5, 0.6) is 5.75 Å². The smallest absolute Gasteiger partial charge is 0.133 e. The number of hydrogen-bond donors (Lipinski definition) is 0. The summed E-state index contributed by atoms with van der Waals surface area (Å²) in [6.45, 7) is 4.59. The Morgan fingerprint density at radius 3 is 2.55 bits per heavy atom. The summed E-state index contributed by atoms with van der Waals surface area (Å²) in [5.41, 5.74) is 3.01. The predicted molar refractivity (Wildman–Crippen MR) is 89.2 cm³/mol. The van der Waals surface area contributed by atoms with E-state index in [9.17, 15) is 0 Å². The van der Waals surface area contributed by atoms with Crippen molar-refractivity contribution in [3.8, 4) is 5.75 Å². The van der Waals surface area contributed by atoms with E-state index in [0.717, 1.165) is 26.9 Å². The van der Waals surface area contributed by atoms with Crippen molar-refractivity contribution in [1.82, 2.24) is 0 Å². The number of hydrogen-bond acceptors (Lipinski definition) is 1. The van der Waals surface area contributed by atoms with Crippen molar-refractivity contribution >= 4 is 39.1 Å². The maximum atomic E-state index is 6.54. The maximum Gasteiger partial charge on any atom is 0.133 e. The van der Waals surface area contributed by atoms with E-state index in [1.165, 1.54) is 0 Å². The molecule has 0 heterocycles. The van der Waals surface area contributed by atoms with Crippen LogP contribution in [0, 0.1) is 6.92 Å². The summed E-state index contributed by atoms with van der Waals surface area (Å²) in [5.74, 6) is 0.815. The molecule has 0 N–H and O–H groups in total. The van der Waals surface area contributed by atoms with Gasteiger partial charge in [-0.05, 0) is 64.7 Å². The van der Waals surface area contributed by atoms with Crippen molar-refractivity contribution in [2.45, 2.75) is 19.2 Å². The molecule has 2 rings (SSSR count). The minimum absolute atomic E-state index is 0.282. The lowest BCUT2D eigenvalue weighted by Crippen LogP contribution is -1.97. The third-order valence-electron chi connectivity index (χ3n) is 2.98. The highest BCUT2D eigenvalue weighted by atomic mass is 79.9. The van der Waals surface area contributed by atoms with Gasteiger partial charge in [0.15, 0.2) is 0 Å². The van der Waals surface area contributed by atoms with Gasteiger partial charge in [0.05, 0.1) is 16.5 Å². The fourth-order valence-corrected chi connectivity index (χ4v) is 3.20. The highest BCUT2D eigenvalue weighted by Gasteiger charge is 2.15. The van der Waals surface area contributed by atoms with E-state index >= 15 is 0 Å². The molecule has 0 aliphatic heterocycles. The number of benzene rings is 2. The summed E-state index contributed by atoms with van der Waals surface area (Å²) in [4.78, 5) is 0. The first-order chi connectivity index (χ1) is 9.52. The van der Waals surface area contributed by atoms with Gasteiger partial charge in [-0.15, -0.1) is 11.6 Å². The molecular weight excluding hydrogens is 359 g/mol. The molecular formula is C16H15BrCl2O. The Morgan fingerprint density at radius 1 is 1.20 bits per heavy atom. The molecule has 0 bridgehead atoms. The number of aryl methyl sites for hydroxylation is 1. The van der Waals surface area contributed by atoms with Crippen molar-refractivity contribution in [1.29, 1.82) is 0 Å². The lowest BCUT2D eigenvalue weighted by Gasteiger charge is -2.14. The molecule has 0 saturated heterocycles. The summed E-state index contributed by atoms with van der Waals surface area (Å²) in [6, 6.07) is 11.8. The molecule has 4 heteroatoms. The summed E-state index contributed by atoms with van der Waals surface area (Å²) in [6.07, 6.45) is 0.